The van der Waals surface area contributed by atoms with E-state index in [0.717, 1.165) is 38.8 Å². The average molecular weight is 577 g/mol. The Bertz CT molecular complexity index is 2310. The van der Waals surface area contributed by atoms with Gasteiger partial charge in [0.2, 0.25) is 0 Å². The van der Waals surface area contributed by atoms with Crippen molar-refractivity contribution in [1.29, 1.82) is 0 Å². The van der Waals surface area contributed by atoms with E-state index in [4.69, 9.17) is 21.5 Å². The van der Waals surface area contributed by atoms with Gasteiger partial charge in [0, 0.05) is 22.1 Å². The summed E-state index contributed by atoms with van der Waals surface area (Å²) < 4.78 is 0. The van der Waals surface area contributed by atoms with E-state index in [9.17, 15) is 0 Å². The van der Waals surface area contributed by atoms with Crippen LogP contribution in [0.5, 0.6) is 0 Å². The van der Waals surface area contributed by atoms with E-state index in [0.29, 0.717) is 23.2 Å². The number of fused-ring (bicyclic) bond motifs is 4. The molecule has 0 amide bonds. The molecule has 4 nitrogen and oxygen atoms in total. The molecule has 0 fully saturated rings. The van der Waals surface area contributed by atoms with Crippen molar-refractivity contribution in [3.8, 4) is 56.4 Å². The van der Waals surface area contributed by atoms with Crippen molar-refractivity contribution in [2.75, 3.05) is 0 Å². The van der Waals surface area contributed by atoms with Gasteiger partial charge in [0.05, 0.1) is 6.57 Å². The summed E-state index contributed by atoms with van der Waals surface area (Å²) in [6.07, 6.45) is 0. The molecule has 4 heteroatoms. The molecule has 0 atom stereocenters. The van der Waals surface area contributed by atoms with Gasteiger partial charge in [-0.2, -0.15) is 0 Å². The maximum atomic E-state index is 7.63. The van der Waals surface area contributed by atoms with Crippen LogP contribution in [0.1, 0.15) is 25.0 Å². The van der Waals surface area contributed by atoms with Crippen LogP contribution in [0.3, 0.4) is 0 Å². The minimum absolute atomic E-state index is 0.160. The van der Waals surface area contributed by atoms with Crippen molar-refractivity contribution in [2.45, 2.75) is 19.3 Å². The molecule has 0 N–H and O–H groups in total. The van der Waals surface area contributed by atoms with Crippen LogP contribution < -0.4 is 0 Å². The van der Waals surface area contributed by atoms with E-state index < -0.39 is 0 Å². The first-order chi connectivity index (χ1) is 22.0. The Morgan fingerprint density at radius 1 is 0.489 bits per heavy atom. The topological polar surface area (TPSA) is 43.0 Å². The van der Waals surface area contributed by atoms with Gasteiger partial charge in [0.1, 0.15) is 0 Å². The number of nitrogens with zero attached hydrogens (tertiary/aromatic N) is 4. The first kappa shape index (κ1) is 26.7. The van der Waals surface area contributed by atoms with E-state index in [1.807, 2.05) is 48.5 Å². The molecule has 212 valence electrons. The largest absolute Gasteiger partial charge is 0.238 e. The highest BCUT2D eigenvalue weighted by Gasteiger charge is 2.36. The van der Waals surface area contributed by atoms with Crippen molar-refractivity contribution in [1.82, 2.24) is 15.0 Å². The summed E-state index contributed by atoms with van der Waals surface area (Å²) in [7, 11) is 0. The molecule has 0 unspecified atom stereocenters. The Kier molecular flexibility index (Phi) is 6.15. The molecule has 0 saturated heterocycles. The molecule has 1 heterocycles. The second-order valence-corrected chi connectivity index (χ2v) is 12.0. The smallest absolute Gasteiger partial charge is 0.187 e. The Labute approximate surface area is 262 Å². The van der Waals surface area contributed by atoms with Crippen LogP contribution in [0.4, 0.5) is 5.69 Å². The summed E-state index contributed by atoms with van der Waals surface area (Å²) in [5.41, 5.74) is 10.4. The van der Waals surface area contributed by atoms with E-state index >= 15 is 0 Å². The summed E-state index contributed by atoms with van der Waals surface area (Å²) in [6.45, 7) is 12.2. The highest BCUT2D eigenvalue weighted by Crippen LogP contribution is 2.53. The fourth-order valence-corrected chi connectivity index (χ4v) is 6.61. The monoisotopic (exact) mass is 576 g/mol. The van der Waals surface area contributed by atoms with Crippen molar-refractivity contribution in [2.24, 2.45) is 0 Å². The van der Waals surface area contributed by atoms with Gasteiger partial charge in [-0.15, -0.1) is 0 Å². The summed E-state index contributed by atoms with van der Waals surface area (Å²) >= 11 is 0. The highest BCUT2D eigenvalue weighted by atomic mass is 15.0. The van der Waals surface area contributed by atoms with Crippen LogP contribution in [-0.4, -0.2) is 15.0 Å². The van der Waals surface area contributed by atoms with E-state index in [1.165, 1.54) is 22.1 Å². The third kappa shape index (κ3) is 4.49. The summed E-state index contributed by atoms with van der Waals surface area (Å²) in [4.78, 5) is 18.7. The van der Waals surface area contributed by atoms with Gasteiger partial charge in [-0.1, -0.05) is 129 Å². The van der Waals surface area contributed by atoms with Crippen molar-refractivity contribution in [3.63, 3.8) is 0 Å². The van der Waals surface area contributed by atoms with Gasteiger partial charge < -0.3 is 0 Å². The van der Waals surface area contributed by atoms with Gasteiger partial charge in [-0.3, -0.25) is 0 Å². The molecule has 8 rings (SSSR count). The van der Waals surface area contributed by atoms with Gasteiger partial charge in [-0.05, 0) is 62.4 Å². The van der Waals surface area contributed by atoms with Crippen molar-refractivity contribution < 1.29 is 0 Å². The summed E-state index contributed by atoms with van der Waals surface area (Å²) in [5, 5.41) is 2.32. The predicted octanol–water partition coefficient (Wildman–Crippen LogP) is 10.5. The lowest BCUT2D eigenvalue weighted by Gasteiger charge is -2.21. The zero-order valence-electron chi connectivity index (χ0n) is 25.0. The van der Waals surface area contributed by atoms with Crippen LogP contribution in [-0.2, 0) is 5.41 Å². The number of hydrogen-bond donors (Lipinski definition) is 0. The predicted molar refractivity (Wildman–Crippen MR) is 183 cm³/mol. The van der Waals surface area contributed by atoms with E-state index in [-0.39, 0.29) is 5.41 Å². The molecule has 0 radical (unpaired) electrons. The third-order valence-corrected chi connectivity index (χ3v) is 8.92. The minimum Gasteiger partial charge on any atom is -0.238 e. The molecule has 0 saturated carbocycles. The molecule has 0 bridgehead atoms. The average Bonchev–Trinajstić information content (AvgIpc) is 3.33. The fraction of sp³-hybridized carbons (Fsp3) is 0.0732. The minimum atomic E-state index is -0.160. The molecular formula is C41H28N4. The SMILES string of the molecule is [C-]#[N+]c1ccc2c(c1)-c1c(-c3cccc(-c4nc(-c5ccccc5)nc(-c5ccc6ccccc6c5)n4)c3)cccc1C2(C)C. The second kappa shape index (κ2) is 10.4. The fourth-order valence-electron chi connectivity index (χ4n) is 6.61. The molecule has 1 aromatic heterocycles. The number of rotatable bonds is 4. The maximum absolute atomic E-state index is 7.63. The second-order valence-electron chi connectivity index (χ2n) is 12.0. The molecule has 6 aromatic carbocycles. The van der Waals surface area contributed by atoms with E-state index in [2.05, 4.69) is 104 Å². The van der Waals surface area contributed by atoms with E-state index in [1.54, 1.807) is 0 Å². The number of hydrogen-bond acceptors (Lipinski definition) is 3. The van der Waals surface area contributed by atoms with Gasteiger partial charge in [-0.25, -0.2) is 19.8 Å². The zero-order valence-corrected chi connectivity index (χ0v) is 25.0. The van der Waals surface area contributed by atoms with Gasteiger partial charge in [0.15, 0.2) is 23.2 Å². The maximum Gasteiger partial charge on any atom is 0.187 e. The van der Waals surface area contributed by atoms with Crippen LogP contribution >= 0.6 is 0 Å². The summed E-state index contributed by atoms with van der Waals surface area (Å²) in [6, 6.07) is 45.8. The molecule has 1 aliphatic rings. The van der Waals surface area contributed by atoms with Gasteiger partial charge >= 0.3 is 0 Å². The number of aromatic nitrogens is 3. The van der Waals surface area contributed by atoms with Crippen molar-refractivity contribution in [3.05, 3.63) is 156 Å². The molecule has 0 aliphatic heterocycles. The number of benzene rings is 6. The van der Waals surface area contributed by atoms with Crippen LogP contribution in [0, 0.1) is 6.57 Å². The standard InChI is InChI=1S/C41H28N4/c1-41(2)35-22-21-32(42-3)25-34(35)37-33(17-10-18-36(37)41)29-15-9-16-30(24-29)39-43-38(27-12-5-4-6-13-27)44-40(45-39)31-20-19-26-11-7-8-14-28(26)23-31/h4-25H,1-2H3. The Hall–Kier alpha value is -5.92. The highest BCUT2D eigenvalue weighted by molar-refractivity contribution is 5.94. The van der Waals surface area contributed by atoms with Crippen molar-refractivity contribution >= 4 is 16.5 Å². The molecule has 1 aliphatic carbocycles. The zero-order chi connectivity index (χ0) is 30.5. The first-order valence-corrected chi connectivity index (χ1v) is 15.1. The lowest BCUT2D eigenvalue weighted by atomic mass is 9.82. The molecule has 45 heavy (non-hydrogen) atoms. The van der Waals surface area contributed by atoms with Gasteiger partial charge in [0.25, 0.3) is 0 Å². The molecular weight excluding hydrogens is 548 g/mol. The van der Waals surface area contributed by atoms with Crippen LogP contribution in [0.25, 0.3) is 72.0 Å². The van der Waals surface area contributed by atoms with Crippen LogP contribution in [0.2, 0.25) is 0 Å². The Morgan fingerprint density at radius 3 is 1.91 bits per heavy atom. The lowest BCUT2D eigenvalue weighted by molar-refractivity contribution is 0.660. The Balaban J connectivity index is 1.30. The summed E-state index contributed by atoms with van der Waals surface area (Å²) in [5.74, 6) is 1.90. The molecule has 7 aromatic rings. The van der Waals surface area contributed by atoms with Crippen LogP contribution in [0.15, 0.2) is 133 Å². The quantitative estimate of drug-likeness (QED) is 0.196. The normalized spacial score (nSPS) is 12.8. The lowest BCUT2D eigenvalue weighted by Crippen LogP contribution is -2.14. The first-order valence-electron chi connectivity index (χ1n) is 15.1. The third-order valence-electron chi connectivity index (χ3n) is 8.92. The molecule has 0 spiro atoms. The Morgan fingerprint density at radius 2 is 1.13 bits per heavy atom.